The standard InChI is InChI=1S/C15H29N3O/c1-16-13-5-7-14(8-6-13)17-15(19)9-12-18-10-3-2-4-11-18/h13-14,16H,2-12H2,1H3,(H,17,19). The van der Waals surface area contributed by atoms with Gasteiger partial charge in [-0.05, 0) is 58.7 Å². The van der Waals surface area contributed by atoms with Crippen molar-refractivity contribution in [2.24, 2.45) is 0 Å². The highest BCUT2D eigenvalue weighted by Gasteiger charge is 2.21. The maximum Gasteiger partial charge on any atom is 0.221 e. The Morgan fingerprint density at radius 3 is 2.32 bits per heavy atom. The monoisotopic (exact) mass is 267 g/mol. The third-order valence-electron chi connectivity index (χ3n) is 4.60. The molecule has 1 saturated carbocycles. The first-order valence-corrected chi connectivity index (χ1v) is 7.97. The topological polar surface area (TPSA) is 44.4 Å². The zero-order chi connectivity index (χ0) is 13.5. The number of piperidine rings is 1. The predicted molar refractivity (Wildman–Crippen MR) is 78.2 cm³/mol. The maximum atomic E-state index is 12.0. The van der Waals surface area contributed by atoms with Gasteiger partial charge in [-0.15, -0.1) is 0 Å². The lowest BCUT2D eigenvalue weighted by molar-refractivity contribution is -0.122. The quantitative estimate of drug-likeness (QED) is 0.793. The van der Waals surface area contributed by atoms with Gasteiger partial charge in [0.25, 0.3) is 0 Å². The third-order valence-corrected chi connectivity index (χ3v) is 4.60. The van der Waals surface area contributed by atoms with Gasteiger partial charge in [-0.3, -0.25) is 4.79 Å². The minimum absolute atomic E-state index is 0.249. The van der Waals surface area contributed by atoms with Crippen molar-refractivity contribution >= 4 is 5.91 Å². The minimum Gasteiger partial charge on any atom is -0.353 e. The van der Waals surface area contributed by atoms with E-state index < -0.39 is 0 Å². The molecular formula is C15H29N3O. The molecule has 1 aliphatic carbocycles. The fourth-order valence-corrected chi connectivity index (χ4v) is 3.27. The van der Waals surface area contributed by atoms with Crippen molar-refractivity contribution in [1.29, 1.82) is 0 Å². The average molecular weight is 267 g/mol. The lowest BCUT2D eigenvalue weighted by atomic mass is 9.91. The van der Waals surface area contributed by atoms with E-state index in [1.165, 1.54) is 45.2 Å². The minimum atomic E-state index is 0.249. The van der Waals surface area contributed by atoms with E-state index in [0.717, 1.165) is 19.4 Å². The van der Waals surface area contributed by atoms with Crippen LogP contribution >= 0.6 is 0 Å². The lowest BCUT2D eigenvalue weighted by Crippen LogP contribution is -2.42. The third kappa shape index (κ3) is 5.11. The van der Waals surface area contributed by atoms with Crippen molar-refractivity contribution < 1.29 is 4.79 Å². The number of hydrogen-bond acceptors (Lipinski definition) is 3. The number of amides is 1. The van der Waals surface area contributed by atoms with Gasteiger partial charge in [0, 0.05) is 25.0 Å². The summed E-state index contributed by atoms with van der Waals surface area (Å²) in [6.45, 7) is 3.30. The van der Waals surface area contributed by atoms with Crippen molar-refractivity contribution in [2.45, 2.75) is 63.5 Å². The van der Waals surface area contributed by atoms with Crippen molar-refractivity contribution in [2.75, 3.05) is 26.7 Å². The van der Waals surface area contributed by atoms with E-state index in [1.54, 1.807) is 0 Å². The molecule has 2 aliphatic rings. The van der Waals surface area contributed by atoms with Gasteiger partial charge in [0.2, 0.25) is 5.91 Å². The number of rotatable bonds is 5. The van der Waals surface area contributed by atoms with E-state index in [2.05, 4.69) is 15.5 Å². The van der Waals surface area contributed by atoms with E-state index in [0.29, 0.717) is 18.5 Å². The largest absolute Gasteiger partial charge is 0.353 e. The number of carbonyl (C=O) groups excluding carboxylic acids is 1. The second-order valence-electron chi connectivity index (χ2n) is 6.06. The van der Waals surface area contributed by atoms with Gasteiger partial charge in [-0.1, -0.05) is 6.42 Å². The van der Waals surface area contributed by atoms with Crippen LogP contribution in [-0.2, 0) is 4.79 Å². The Morgan fingerprint density at radius 2 is 1.68 bits per heavy atom. The summed E-state index contributed by atoms with van der Waals surface area (Å²) < 4.78 is 0. The summed E-state index contributed by atoms with van der Waals surface area (Å²) >= 11 is 0. The van der Waals surface area contributed by atoms with Crippen molar-refractivity contribution in [1.82, 2.24) is 15.5 Å². The summed E-state index contributed by atoms with van der Waals surface area (Å²) in [5.74, 6) is 0.249. The van der Waals surface area contributed by atoms with Gasteiger partial charge in [0.15, 0.2) is 0 Å². The predicted octanol–water partition coefficient (Wildman–Crippen LogP) is 1.51. The molecule has 19 heavy (non-hydrogen) atoms. The van der Waals surface area contributed by atoms with E-state index in [9.17, 15) is 4.79 Å². The molecule has 1 amide bonds. The summed E-state index contributed by atoms with van der Waals surface area (Å²) in [6.07, 6.45) is 9.26. The lowest BCUT2D eigenvalue weighted by Gasteiger charge is -2.29. The maximum absolute atomic E-state index is 12.0. The highest BCUT2D eigenvalue weighted by atomic mass is 16.1. The van der Waals surface area contributed by atoms with Crippen LogP contribution in [0.3, 0.4) is 0 Å². The van der Waals surface area contributed by atoms with Crippen molar-refractivity contribution in [3.8, 4) is 0 Å². The molecule has 1 saturated heterocycles. The second kappa shape index (κ2) is 7.85. The number of likely N-dealkylation sites (tertiary alicyclic amines) is 1. The van der Waals surface area contributed by atoms with E-state index >= 15 is 0 Å². The van der Waals surface area contributed by atoms with Crippen LogP contribution in [-0.4, -0.2) is 49.6 Å². The Balaban J connectivity index is 1.59. The normalized spacial score (nSPS) is 29.1. The van der Waals surface area contributed by atoms with Crippen LogP contribution in [0.4, 0.5) is 0 Å². The molecule has 0 aromatic carbocycles. The van der Waals surface area contributed by atoms with E-state index in [-0.39, 0.29) is 5.91 Å². The molecule has 4 heteroatoms. The van der Waals surface area contributed by atoms with Gasteiger partial charge in [0.1, 0.15) is 0 Å². The number of nitrogens with one attached hydrogen (secondary N) is 2. The summed E-state index contributed by atoms with van der Waals surface area (Å²) in [5, 5.41) is 6.54. The average Bonchev–Trinajstić information content (AvgIpc) is 2.47. The fourth-order valence-electron chi connectivity index (χ4n) is 3.27. The Morgan fingerprint density at radius 1 is 1.05 bits per heavy atom. The summed E-state index contributed by atoms with van der Waals surface area (Å²) in [5.41, 5.74) is 0. The summed E-state index contributed by atoms with van der Waals surface area (Å²) in [6, 6.07) is 1.07. The van der Waals surface area contributed by atoms with Crippen molar-refractivity contribution in [3.05, 3.63) is 0 Å². The second-order valence-corrected chi connectivity index (χ2v) is 6.06. The molecule has 0 aromatic rings. The molecule has 2 rings (SSSR count). The molecule has 2 fully saturated rings. The Labute approximate surface area is 117 Å². The molecule has 0 radical (unpaired) electrons. The highest BCUT2D eigenvalue weighted by Crippen LogP contribution is 2.18. The van der Waals surface area contributed by atoms with E-state index in [1.807, 2.05) is 7.05 Å². The zero-order valence-electron chi connectivity index (χ0n) is 12.3. The number of nitrogens with zero attached hydrogens (tertiary/aromatic N) is 1. The van der Waals surface area contributed by atoms with Gasteiger partial charge in [0.05, 0.1) is 0 Å². The molecule has 0 aromatic heterocycles. The van der Waals surface area contributed by atoms with Crippen LogP contribution in [0.15, 0.2) is 0 Å². The zero-order valence-corrected chi connectivity index (χ0v) is 12.3. The Bertz CT molecular complexity index is 269. The van der Waals surface area contributed by atoms with Gasteiger partial charge < -0.3 is 15.5 Å². The molecule has 0 spiro atoms. The van der Waals surface area contributed by atoms with Crippen LogP contribution in [0, 0.1) is 0 Å². The molecular weight excluding hydrogens is 238 g/mol. The Kier molecular flexibility index (Phi) is 6.11. The van der Waals surface area contributed by atoms with Crippen LogP contribution in [0.25, 0.3) is 0 Å². The SMILES string of the molecule is CNC1CCC(NC(=O)CCN2CCCCC2)CC1. The molecule has 0 atom stereocenters. The molecule has 110 valence electrons. The van der Waals surface area contributed by atoms with Crippen LogP contribution in [0.2, 0.25) is 0 Å². The van der Waals surface area contributed by atoms with Crippen LogP contribution < -0.4 is 10.6 Å². The molecule has 4 nitrogen and oxygen atoms in total. The first kappa shape index (κ1) is 14.8. The fraction of sp³-hybridized carbons (Fsp3) is 0.933. The molecule has 1 aliphatic heterocycles. The molecule has 2 N–H and O–H groups in total. The van der Waals surface area contributed by atoms with Gasteiger partial charge in [-0.2, -0.15) is 0 Å². The summed E-state index contributed by atoms with van der Waals surface area (Å²) in [4.78, 5) is 14.4. The van der Waals surface area contributed by atoms with Crippen LogP contribution in [0.1, 0.15) is 51.4 Å². The molecule has 0 bridgehead atoms. The van der Waals surface area contributed by atoms with Gasteiger partial charge >= 0.3 is 0 Å². The number of hydrogen-bond donors (Lipinski definition) is 2. The van der Waals surface area contributed by atoms with E-state index in [4.69, 9.17) is 0 Å². The van der Waals surface area contributed by atoms with Gasteiger partial charge in [-0.25, -0.2) is 0 Å². The smallest absolute Gasteiger partial charge is 0.221 e. The Hall–Kier alpha value is -0.610. The highest BCUT2D eigenvalue weighted by molar-refractivity contribution is 5.76. The first-order valence-electron chi connectivity index (χ1n) is 7.97. The van der Waals surface area contributed by atoms with Crippen LogP contribution in [0.5, 0.6) is 0 Å². The molecule has 1 heterocycles. The summed E-state index contributed by atoms with van der Waals surface area (Å²) in [7, 11) is 2.03. The molecule has 0 unspecified atom stereocenters. The van der Waals surface area contributed by atoms with Crippen molar-refractivity contribution in [3.63, 3.8) is 0 Å². The number of carbonyl (C=O) groups is 1. The first-order chi connectivity index (χ1) is 9.28.